The summed E-state index contributed by atoms with van der Waals surface area (Å²) in [5.41, 5.74) is 2.67. The predicted molar refractivity (Wildman–Crippen MR) is 87.2 cm³/mol. The fourth-order valence-electron chi connectivity index (χ4n) is 3.28. The van der Waals surface area contributed by atoms with Crippen LogP contribution in [0.3, 0.4) is 0 Å². The molecule has 0 radical (unpaired) electrons. The Labute approximate surface area is 134 Å². The molecule has 0 bridgehead atoms. The van der Waals surface area contributed by atoms with E-state index in [0.29, 0.717) is 12.2 Å². The molecule has 1 unspecified atom stereocenters. The van der Waals surface area contributed by atoms with Crippen LogP contribution < -0.4 is 0 Å². The van der Waals surface area contributed by atoms with Crippen LogP contribution in [0.2, 0.25) is 0 Å². The number of nitrogens with zero attached hydrogens (tertiary/aromatic N) is 4. The average molecular weight is 309 g/mol. The molecule has 1 N–H and O–H groups in total. The number of hydrogen-bond acceptors (Lipinski definition) is 3. The van der Waals surface area contributed by atoms with E-state index in [1.807, 2.05) is 36.2 Å². The number of H-pyrrole nitrogens is 1. The van der Waals surface area contributed by atoms with Crippen molar-refractivity contribution in [3.63, 3.8) is 0 Å². The number of hydrogen-bond donors (Lipinski definition) is 1. The number of imidazole rings is 2. The van der Waals surface area contributed by atoms with Gasteiger partial charge in [-0.25, -0.2) is 9.97 Å². The van der Waals surface area contributed by atoms with Gasteiger partial charge in [0.2, 0.25) is 0 Å². The number of nitrogens with one attached hydrogen (secondary N) is 1. The summed E-state index contributed by atoms with van der Waals surface area (Å²) in [4.78, 5) is 26.7. The molecule has 0 spiro atoms. The molecule has 6 heteroatoms. The lowest BCUT2D eigenvalue weighted by molar-refractivity contribution is 0.0695. The summed E-state index contributed by atoms with van der Waals surface area (Å²) < 4.78 is 1.77. The standard InChI is InChI=1S/C17H19N5O/c1-21-11-18-9-15(21)17(23)22-8-4-5-12(10-22)16-19-13-6-2-3-7-14(13)20-16/h2-3,6-7,9,11-12H,4-5,8,10H2,1H3,(H,19,20). The number of amides is 1. The minimum atomic E-state index is 0.0470. The van der Waals surface area contributed by atoms with Crippen LogP contribution in [-0.2, 0) is 7.05 Å². The molecule has 2 aromatic heterocycles. The molecule has 3 aromatic rings. The zero-order chi connectivity index (χ0) is 15.8. The molecule has 0 aliphatic carbocycles. The second-order valence-electron chi connectivity index (χ2n) is 6.12. The number of fused-ring (bicyclic) bond motifs is 1. The van der Waals surface area contributed by atoms with Crippen molar-refractivity contribution in [2.45, 2.75) is 18.8 Å². The van der Waals surface area contributed by atoms with Gasteiger partial charge in [-0.1, -0.05) is 12.1 Å². The van der Waals surface area contributed by atoms with E-state index >= 15 is 0 Å². The highest BCUT2D eigenvalue weighted by molar-refractivity contribution is 5.92. The molecule has 1 aromatic carbocycles. The van der Waals surface area contributed by atoms with Crippen molar-refractivity contribution in [3.8, 4) is 0 Å². The number of carbonyl (C=O) groups excluding carboxylic acids is 1. The Kier molecular flexibility index (Phi) is 3.37. The summed E-state index contributed by atoms with van der Waals surface area (Å²) in [7, 11) is 1.85. The Morgan fingerprint density at radius 1 is 1.35 bits per heavy atom. The molecule has 1 saturated heterocycles. The maximum absolute atomic E-state index is 12.7. The zero-order valence-corrected chi connectivity index (χ0v) is 13.1. The highest BCUT2D eigenvalue weighted by atomic mass is 16.2. The lowest BCUT2D eigenvalue weighted by atomic mass is 9.97. The average Bonchev–Trinajstić information content (AvgIpc) is 3.20. The van der Waals surface area contributed by atoms with Gasteiger partial charge in [0.15, 0.2) is 0 Å². The first-order valence-corrected chi connectivity index (χ1v) is 7.92. The molecule has 118 valence electrons. The van der Waals surface area contributed by atoms with Gasteiger partial charge in [-0.3, -0.25) is 4.79 Å². The van der Waals surface area contributed by atoms with Crippen molar-refractivity contribution >= 4 is 16.9 Å². The molecule has 6 nitrogen and oxygen atoms in total. The van der Waals surface area contributed by atoms with E-state index < -0.39 is 0 Å². The third kappa shape index (κ3) is 2.50. The Morgan fingerprint density at radius 2 is 2.22 bits per heavy atom. The van der Waals surface area contributed by atoms with Gasteiger partial charge in [0.25, 0.3) is 5.91 Å². The molecule has 4 rings (SSSR count). The summed E-state index contributed by atoms with van der Waals surface area (Å²) in [5, 5.41) is 0. The third-order valence-corrected chi connectivity index (χ3v) is 4.54. The quantitative estimate of drug-likeness (QED) is 0.790. The van der Waals surface area contributed by atoms with Crippen LogP contribution in [0.1, 0.15) is 35.1 Å². The largest absolute Gasteiger partial charge is 0.342 e. The minimum absolute atomic E-state index is 0.0470. The Hall–Kier alpha value is -2.63. The fourth-order valence-corrected chi connectivity index (χ4v) is 3.28. The van der Waals surface area contributed by atoms with Gasteiger partial charge >= 0.3 is 0 Å². The summed E-state index contributed by atoms with van der Waals surface area (Å²) in [5.74, 6) is 1.29. The number of aryl methyl sites for hydroxylation is 1. The van der Waals surface area contributed by atoms with Crippen molar-refractivity contribution in [2.24, 2.45) is 7.05 Å². The second kappa shape index (κ2) is 5.53. The minimum Gasteiger partial charge on any atom is -0.342 e. The predicted octanol–water partition coefficient (Wildman–Crippen LogP) is 2.32. The summed E-state index contributed by atoms with van der Waals surface area (Å²) in [6.45, 7) is 1.49. The van der Waals surface area contributed by atoms with Crippen molar-refractivity contribution in [1.29, 1.82) is 0 Å². The first-order chi connectivity index (χ1) is 11.2. The maximum Gasteiger partial charge on any atom is 0.272 e. The lowest BCUT2D eigenvalue weighted by Gasteiger charge is -2.31. The Bertz CT molecular complexity index is 816. The van der Waals surface area contributed by atoms with Crippen molar-refractivity contribution in [2.75, 3.05) is 13.1 Å². The highest BCUT2D eigenvalue weighted by Crippen LogP contribution is 2.27. The van der Waals surface area contributed by atoms with E-state index in [2.05, 4.69) is 9.97 Å². The molecule has 23 heavy (non-hydrogen) atoms. The number of rotatable bonds is 2. The van der Waals surface area contributed by atoms with Crippen LogP contribution in [-0.4, -0.2) is 43.4 Å². The van der Waals surface area contributed by atoms with Gasteiger partial charge in [0, 0.05) is 26.1 Å². The number of likely N-dealkylation sites (tertiary alicyclic amines) is 1. The number of para-hydroxylation sites is 2. The van der Waals surface area contributed by atoms with Gasteiger partial charge in [0.1, 0.15) is 11.5 Å². The molecule has 1 aliphatic rings. The van der Waals surface area contributed by atoms with Crippen LogP contribution in [0.5, 0.6) is 0 Å². The van der Waals surface area contributed by atoms with Crippen LogP contribution >= 0.6 is 0 Å². The molecular weight excluding hydrogens is 290 g/mol. The molecule has 0 saturated carbocycles. The van der Waals surface area contributed by atoms with E-state index in [1.165, 1.54) is 0 Å². The highest BCUT2D eigenvalue weighted by Gasteiger charge is 2.28. The lowest BCUT2D eigenvalue weighted by Crippen LogP contribution is -2.40. The van der Waals surface area contributed by atoms with Crippen LogP contribution in [0, 0.1) is 0 Å². The normalized spacial score (nSPS) is 18.5. The fraction of sp³-hybridized carbons (Fsp3) is 0.353. The number of aromatic nitrogens is 4. The number of benzene rings is 1. The number of aromatic amines is 1. The maximum atomic E-state index is 12.7. The van der Waals surface area contributed by atoms with Crippen LogP contribution in [0.15, 0.2) is 36.8 Å². The monoisotopic (exact) mass is 309 g/mol. The third-order valence-electron chi connectivity index (χ3n) is 4.54. The van der Waals surface area contributed by atoms with Crippen molar-refractivity contribution < 1.29 is 4.79 Å². The van der Waals surface area contributed by atoms with Gasteiger partial charge in [-0.2, -0.15) is 0 Å². The Morgan fingerprint density at radius 3 is 3.00 bits per heavy atom. The second-order valence-corrected chi connectivity index (χ2v) is 6.12. The first-order valence-electron chi connectivity index (χ1n) is 7.92. The van der Waals surface area contributed by atoms with Gasteiger partial charge in [0.05, 0.1) is 23.6 Å². The molecular formula is C17H19N5O. The van der Waals surface area contributed by atoms with E-state index in [1.54, 1.807) is 17.1 Å². The molecule has 1 atom stereocenters. The van der Waals surface area contributed by atoms with Gasteiger partial charge in [-0.15, -0.1) is 0 Å². The molecule has 1 aliphatic heterocycles. The molecule has 3 heterocycles. The smallest absolute Gasteiger partial charge is 0.272 e. The molecule has 1 fully saturated rings. The van der Waals surface area contributed by atoms with E-state index in [0.717, 1.165) is 36.2 Å². The summed E-state index contributed by atoms with van der Waals surface area (Å²) in [6.07, 6.45) is 5.33. The van der Waals surface area contributed by atoms with Crippen molar-refractivity contribution in [3.05, 3.63) is 48.3 Å². The van der Waals surface area contributed by atoms with E-state index in [-0.39, 0.29) is 11.8 Å². The van der Waals surface area contributed by atoms with Crippen molar-refractivity contribution in [1.82, 2.24) is 24.4 Å². The summed E-state index contributed by atoms with van der Waals surface area (Å²) in [6, 6.07) is 8.04. The van der Waals surface area contributed by atoms with Crippen LogP contribution in [0.25, 0.3) is 11.0 Å². The molecule has 1 amide bonds. The Balaban J connectivity index is 1.57. The first kappa shape index (κ1) is 14.0. The zero-order valence-electron chi connectivity index (χ0n) is 13.1. The topological polar surface area (TPSA) is 66.8 Å². The van der Waals surface area contributed by atoms with E-state index in [4.69, 9.17) is 4.98 Å². The number of piperidine rings is 1. The SMILES string of the molecule is Cn1cncc1C(=O)N1CCCC(c2nc3ccccc3[nH]2)C1. The van der Waals surface area contributed by atoms with Crippen LogP contribution in [0.4, 0.5) is 0 Å². The van der Waals surface area contributed by atoms with Gasteiger partial charge < -0.3 is 14.5 Å². The van der Waals surface area contributed by atoms with Gasteiger partial charge in [-0.05, 0) is 25.0 Å². The van der Waals surface area contributed by atoms with E-state index in [9.17, 15) is 4.79 Å². The summed E-state index contributed by atoms with van der Waals surface area (Å²) >= 11 is 0. The number of carbonyl (C=O) groups is 1.